The summed E-state index contributed by atoms with van der Waals surface area (Å²) in [6.45, 7) is 3.93. The first-order chi connectivity index (χ1) is 14.0. The van der Waals surface area contributed by atoms with E-state index in [2.05, 4.69) is 41.5 Å². The summed E-state index contributed by atoms with van der Waals surface area (Å²) >= 11 is 9.38. The molecule has 0 aliphatic carbocycles. The van der Waals surface area contributed by atoms with Crippen LogP contribution in [0, 0.1) is 0 Å². The van der Waals surface area contributed by atoms with Gasteiger partial charge in [0, 0.05) is 44.3 Å². The molecule has 0 saturated carbocycles. The first kappa shape index (κ1) is 19.6. The van der Waals surface area contributed by atoms with Gasteiger partial charge in [-0.2, -0.15) is 15.3 Å². The van der Waals surface area contributed by atoms with Crippen LogP contribution in [-0.2, 0) is 13.1 Å². The van der Waals surface area contributed by atoms with Gasteiger partial charge in [-0.1, -0.05) is 11.6 Å². The van der Waals surface area contributed by atoms with Crippen LogP contribution in [0.4, 0.5) is 0 Å². The summed E-state index contributed by atoms with van der Waals surface area (Å²) in [5.41, 5.74) is 2.38. The number of amides is 1. The predicted molar refractivity (Wildman–Crippen MR) is 112 cm³/mol. The van der Waals surface area contributed by atoms with E-state index < -0.39 is 0 Å². The smallest absolute Gasteiger partial charge is 0.271 e. The van der Waals surface area contributed by atoms with Crippen molar-refractivity contribution in [2.45, 2.75) is 26.4 Å². The highest BCUT2D eigenvalue weighted by Crippen LogP contribution is 2.26. The lowest BCUT2D eigenvalue weighted by molar-refractivity contribution is 0.0947. The van der Waals surface area contributed by atoms with Crippen molar-refractivity contribution in [2.75, 3.05) is 6.54 Å². The van der Waals surface area contributed by atoms with E-state index in [1.165, 1.54) is 0 Å². The monoisotopic (exact) mass is 476 g/mol. The maximum atomic E-state index is 12.5. The number of aromatic nitrogens is 7. The van der Waals surface area contributed by atoms with Gasteiger partial charge < -0.3 is 5.32 Å². The van der Waals surface area contributed by atoms with Gasteiger partial charge in [0.15, 0.2) is 11.3 Å². The molecule has 1 N–H and O–H groups in total. The Kier molecular flexibility index (Phi) is 5.63. The fraction of sp³-hybridized carbons (Fsp3) is 0.278. The molecule has 0 spiro atoms. The Labute approximate surface area is 179 Å². The number of hydrogen-bond donors (Lipinski definition) is 1. The van der Waals surface area contributed by atoms with Crippen LogP contribution in [0.5, 0.6) is 0 Å². The molecule has 0 aliphatic heterocycles. The molecule has 4 heterocycles. The molecule has 0 saturated heterocycles. The first-order valence-electron chi connectivity index (χ1n) is 9.09. The maximum absolute atomic E-state index is 12.5. The molecule has 0 aromatic carbocycles. The number of carbonyl (C=O) groups is 1. The molecule has 0 aliphatic rings. The summed E-state index contributed by atoms with van der Waals surface area (Å²) in [4.78, 5) is 16.8. The minimum atomic E-state index is -0.252. The van der Waals surface area contributed by atoms with Gasteiger partial charge in [-0.05, 0) is 35.3 Å². The highest BCUT2D eigenvalue weighted by molar-refractivity contribution is 9.10. The third-order valence-corrected chi connectivity index (χ3v) is 5.10. The number of nitrogens with zero attached hydrogens (tertiary/aromatic N) is 7. The minimum Gasteiger partial charge on any atom is -0.351 e. The second-order valence-electron chi connectivity index (χ2n) is 6.34. The molecule has 150 valence electrons. The Morgan fingerprint density at radius 3 is 2.86 bits per heavy atom. The van der Waals surface area contributed by atoms with Crippen LogP contribution in [0.15, 0.2) is 41.4 Å². The number of carbonyl (C=O) groups excluding carboxylic acids is 1. The Hall–Kier alpha value is -2.72. The quantitative estimate of drug-likeness (QED) is 0.413. The summed E-state index contributed by atoms with van der Waals surface area (Å²) in [5, 5.41) is 16.6. The van der Waals surface area contributed by atoms with Gasteiger partial charge >= 0.3 is 0 Å². The van der Waals surface area contributed by atoms with Gasteiger partial charge in [0.1, 0.15) is 5.69 Å². The lowest BCUT2D eigenvalue weighted by atomic mass is 10.3. The summed E-state index contributed by atoms with van der Waals surface area (Å²) in [6.07, 6.45) is 7.65. The van der Waals surface area contributed by atoms with Crippen LogP contribution < -0.4 is 5.32 Å². The molecule has 4 aromatic heterocycles. The van der Waals surface area contributed by atoms with E-state index in [-0.39, 0.29) is 5.91 Å². The summed E-state index contributed by atoms with van der Waals surface area (Å²) < 4.78 is 6.05. The van der Waals surface area contributed by atoms with Crippen LogP contribution in [0.25, 0.3) is 17.0 Å². The Morgan fingerprint density at radius 1 is 1.28 bits per heavy atom. The third kappa shape index (κ3) is 4.18. The number of rotatable bonds is 7. The summed E-state index contributed by atoms with van der Waals surface area (Å²) in [6, 6.07) is 3.49. The predicted octanol–water partition coefficient (Wildman–Crippen LogP) is 3.05. The SMILES string of the molecule is CCn1cc(Br)c(-c2ccnc3cc(C(=O)NCCCn4cc(Cl)cn4)nn23)n1. The second kappa shape index (κ2) is 8.34. The van der Waals surface area contributed by atoms with E-state index in [9.17, 15) is 4.79 Å². The van der Waals surface area contributed by atoms with Crippen molar-refractivity contribution in [1.29, 1.82) is 0 Å². The van der Waals surface area contributed by atoms with Crippen molar-refractivity contribution < 1.29 is 4.79 Å². The normalized spacial score (nSPS) is 11.3. The highest BCUT2D eigenvalue weighted by Gasteiger charge is 2.17. The van der Waals surface area contributed by atoms with E-state index in [0.29, 0.717) is 29.5 Å². The average Bonchev–Trinajstić information content (AvgIpc) is 3.42. The zero-order valence-corrected chi connectivity index (χ0v) is 17.9. The molecule has 0 unspecified atom stereocenters. The molecule has 9 nitrogen and oxygen atoms in total. The molecule has 0 fully saturated rings. The van der Waals surface area contributed by atoms with E-state index in [4.69, 9.17) is 11.6 Å². The van der Waals surface area contributed by atoms with E-state index in [1.807, 2.05) is 23.9 Å². The van der Waals surface area contributed by atoms with Crippen molar-refractivity contribution in [2.24, 2.45) is 0 Å². The molecule has 0 radical (unpaired) electrons. The van der Waals surface area contributed by atoms with E-state index >= 15 is 0 Å². The van der Waals surface area contributed by atoms with Gasteiger partial charge in [0.05, 0.1) is 21.4 Å². The lowest BCUT2D eigenvalue weighted by Gasteiger charge is -2.03. The Morgan fingerprint density at radius 2 is 2.14 bits per heavy atom. The van der Waals surface area contributed by atoms with Gasteiger partial charge in [-0.25, -0.2) is 9.50 Å². The zero-order valence-electron chi connectivity index (χ0n) is 15.6. The summed E-state index contributed by atoms with van der Waals surface area (Å²) in [7, 11) is 0. The van der Waals surface area contributed by atoms with Gasteiger partial charge in [0.2, 0.25) is 0 Å². The van der Waals surface area contributed by atoms with Crippen molar-refractivity contribution in [3.63, 3.8) is 0 Å². The molecule has 4 aromatic rings. The van der Waals surface area contributed by atoms with Crippen molar-refractivity contribution in [3.05, 3.63) is 52.1 Å². The fourth-order valence-corrected chi connectivity index (χ4v) is 3.59. The average molecular weight is 478 g/mol. The molecule has 4 rings (SSSR count). The van der Waals surface area contributed by atoms with Crippen molar-refractivity contribution in [3.8, 4) is 11.4 Å². The van der Waals surface area contributed by atoms with Gasteiger partial charge in [0.25, 0.3) is 5.91 Å². The zero-order chi connectivity index (χ0) is 20.4. The number of hydrogen-bond acceptors (Lipinski definition) is 5. The number of nitrogens with one attached hydrogen (secondary N) is 1. The van der Waals surface area contributed by atoms with Crippen LogP contribution in [-0.4, -0.2) is 46.6 Å². The Balaban J connectivity index is 1.48. The van der Waals surface area contributed by atoms with Gasteiger partial charge in [-0.3, -0.25) is 14.2 Å². The largest absolute Gasteiger partial charge is 0.351 e. The lowest BCUT2D eigenvalue weighted by Crippen LogP contribution is -2.25. The molecule has 0 bridgehead atoms. The fourth-order valence-electron chi connectivity index (χ4n) is 2.91. The molecular weight excluding hydrogens is 460 g/mol. The number of halogens is 2. The summed E-state index contributed by atoms with van der Waals surface area (Å²) in [5.74, 6) is -0.252. The number of aryl methyl sites for hydroxylation is 2. The van der Waals surface area contributed by atoms with Crippen LogP contribution in [0.3, 0.4) is 0 Å². The van der Waals surface area contributed by atoms with E-state index in [1.54, 1.807) is 33.9 Å². The van der Waals surface area contributed by atoms with Gasteiger partial charge in [-0.15, -0.1) is 0 Å². The standard InChI is InChI=1S/C18H18BrClN8O/c1-2-26-11-13(19)17(25-26)15-4-6-21-16-8-14(24-28(15)16)18(29)22-5-3-7-27-10-12(20)9-23-27/h4,6,8-11H,2-3,5,7H2,1H3,(H,22,29). The molecule has 1 amide bonds. The van der Waals surface area contributed by atoms with Crippen molar-refractivity contribution in [1.82, 2.24) is 39.5 Å². The topological polar surface area (TPSA) is 94.9 Å². The minimum absolute atomic E-state index is 0.252. The molecular formula is C18H18BrClN8O. The maximum Gasteiger partial charge on any atom is 0.271 e. The van der Waals surface area contributed by atoms with Crippen molar-refractivity contribution >= 4 is 39.1 Å². The second-order valence-corrected chi connectivity index (χ2v) is 7.63. The molecule has 11 heteroatoms. The molecule has 0 atom stereocenters. The van der Waals surface area contributed by atoms with Crippen LogP contribution >= 0.6 is 27.5 Å². The van der Waals surface area contributed by atoms with Crippen LogP contribution in [0.1, 0.15) is 23.8 Å². The highest BCUT2D eigenvalue weighted by atomic mass is 79.9. The third-order valence-electron chi connectivity index (χ3n) is 4.33. The molecule has 29 heavy (non-hydrogen) atoms. The number of fused-ring (bicyclic) bond motifs is 1. The van der Waals surface area contributed by atoms with E-state index in [0.717, 1.165) is 28.8 Å². The van der Waals surface area contributed by atoms with Crippen LogP contribution in [0.2, 0.25) is 5.02 Å². The first-order valence-corrected chi connectivity index (χ1v) is 10.3. The Bertz CT molecular complexity index is 1160.